The second-order valence-electron chi connectivity index (χ2n) is 7.36. The Bertz CT molecular complexity index is 1410. The second-order valence-corrected chi connectivity index (χ2v) is 12.6. The zero-order valence-corrected chi connectivity index (χ0v) is 22.7. The third-order valence-corrected chi connectivity index (χ3v) is 9.17. The molecule has 2 N–H and O–H groups in total. The van der Waals surface area contributed by atoms with Gasteiger partial charge < -0.3 is 9.52 Å². The van der Waals surface area contributed by atoms with Gasteiger partial charge >= 0.3 is 5.97 Å². The van der Waals surface area contributed by atoms with Crippen LogP contribution in [0.2, 0.25) is 0 Å². The molecule has 1 amide bonds. The molecule has 4 rings (SSSR count). The minimum absolute atomic E-state index is 0.0753. The van der Waals surface area contributed by atoms with Crippen LogP contribution in [0.25, 0.3) is 17.4 Å². The Labute approximate surface area is 225 Å². The molecule has 14 heteroatoms. The Balaban J connectivity index is 1.50. The topological polar surface area (TPSA) is 130 Å². The van der Waals surface area contributed by atoms with E-state index in [1.807, 2.05) is 6.26 Å². The molecule has 0 saturated carbocycles. The number of nitrogens with one attached hydrogen (secondary N) is 1. The van der Waals surface area contributed by atoms with Crippen molar-refractivity contribution in [2.24, 2.45) is 0 Å². The van der Waals surface area contributed by atoms with Crippen molar-refractivity contribution in [2.75, 3.05) is 16.7 Å². The van der Waals surface area contributed by atoms with Crippen LogP contribution in [0, 0.1) is 0 Å². The fraction of sp³-hybridized carbons (Fsp3) is 0.182. The lowest BCUT2D eigenvalue weighted by atomic mass is 10.2. The van der Waals surface area contributed by atoms with Gasteiger partial charge in [0.1, 0.15) is 21.9 Å². The van der Waals surface area contributed by atoms with E-state index in [0.29, 0.717) is 22.8 Å². The van der Waals surface area contributed by atoms with Crippen molar-refractivity contribution in [1.29, 1.82) is 0 Å². The molecule has 1 aliphatic heterocycles. The highest BCUT2D eigenvalue weighted by atomic mass is 32.2. The number of hydrogen-bond acceptors (Lipinski definition) is 10. The first-order valence-electron chi connectivity index (χ1n) is 10.3. The van der Waals surface area contributed by atoms with E-state index in [-0.39, 0.29) is 25.7 Å². The lowest BCUT2D eigenvalue weighted by Crippen LogP contribution is -2.44. The SMILES string of the molecule is CSCCC(C(=O)O)N1C(=O)/C(=C/c2ccc(-c3ccc(S(=O)(=O)Nc4nccs4)cc3)o2)SC1=S. The van der Waals surface area contributed by atoms with Crippen LogP contribution in [0.3, 0.4) is 0 Å². The smallest absolute Gasteiger partial charge is 0.326 e. The maximum Gasteiger partial charge on any atom is 0.326 e. The number of amides is 1. The number of carboxylic acid groups (broad SMARTS) is 1. The summed E-state index contributed by atoms with van der Waals surface area (Å²) < 4.78 is 33.5. The number of thioether (sulfide) groups is 2. The summed E-state index contributed by atoms with van der Waals surface area (Å²) in [4.78, 5) is 30.1. The van der Waals surface area contributed by atoms with Gasteiger partial charge in [-0.3, -0.25) is 14.4 Å². The number of sulfonamides is 1. The Hall–Kier alpha value is -2.65. The quantitative estimate of drug-likeness (QED) is 0.259. The largest absolute Gasteiger partial charge is 0.480 e. The predicted octanol–water partition coefficient (Wildman–Crippen LogP) is 4.61. The van der Waals surface area contributed by atoms with Crippen molar-refractivity contribution in [3.63, 3.8) is 0 Å². The number of aromatic nitrogens is 1. The first-order valence-corrected chi connectivity index (χ1v) is 15.3. The number of rotatable bonds is 10. The maximum absolute atomic E-state index is 12.9. The number of aliphatic carboxylic acids is 1. The fourth-order valence-electron chi connectivity index (χ4n) is 3.30. The molecule has 36 heavy (non-hydrogen) atoms. The number of furan rings is 1. The van der Waals surface area contributed by atoms with Gasteiger partial charge in [0.05, 0.1) is 9.80 Å². The van der Waals surface area contributed by atoms with Crippen molar-refractivity contribution < 1.29 is 27.5 Å². The maximum atomic E-state index is 12.9. The van der Waals surface area contributed by atoms with Crippen molar-refractivity contribution in [1.82, 2.24) is 9.88 Å². The van der Waals surface area contributed by atoms with E-state index in [2.05, 4.69) is 9.71 Å². The molecular weight excluding hydrogens is 563 g/mol. The summed E-state index contributed by atoms with van der Waals surface area (Å²) >= 11 is 8.99. The molecule has 1 atom stereocenters. The molecule has 0 spiro atoms. The van der Waals surface area contributed by atoms with Gasteiger partial charge in [0.2, 0.25) is 0 Å². The van der Waals surface area contributed by atoms with Gasteiger partial charge in [0, 0.05) is 23.2 Å². The first kappa shape index (κ1) is 26.4. The summed E-state index contributed by atoms with van der Waals surface area (Å²) in [6, 6.07) is 8.48. The summed E-state index contributed by atoms with van der Waals surface area (Å²) in [7, 11) is -3.77. The highest BCUT2D eigenvalue weighted by Crippen LogP contribution is 2.36. The second kappa shape index (κ2) is 11.2. The average molecular weight is 582 g/mol. The molecule has 1 fully saturated rings. The molecule has 3 aromatic rings. The van der Waals surface area contributed by atoms with Gasteiger partial charge in [-0.05, 0) is 54.8 Å². The van der Waals surface area contributed by atoms with Crippen molar-refractivity contribution in [3.05, 3.63) is 58.6 Å². The van der Waals surface area contributed by atoms with Gasteiger partial charge in [-0.1, -0.05) is 24.0 Å². The molecule has 1 saturated heterocycles. The minimum atomic E-state index is -3.77. The third kappa shape index (κ3) is 5.83. The van der Waals surface area contributed by atoms with Gasteiger partial charge in [-0.2, -0.15) is 11.8 Å². The zero-order valence-electron chi connectivity index (χ0n) is 18.6. The number of anilines is 1. The number of thiazole rings is 1. The lowest BCUT2D eigenvalue weighted by molar-refractivity contribution is -0.145. The molecule has 0 aliphatic carbocycles. The number of nitrogens with zero attached hydrogens (tertiary/aromatic N) is 2. The van der Waals surface area contributed by atoms with Gasteiger partial charge in [-0.15, -0.1) is 11.3 Å². The van der Waals surface area contributed by atoms with Gasteiger partial charge in [0.15, 0.2) is 5.13 Å². The molecule has 1 unspecified atom stereocenters. The molecule has 3 heterocycles. The highest BCUT2D eigenvalue weighted by Gasteiger charge is 2.40. The van der Waals surface area contributed by atoms with Crippen LogP contribution in [-0.2, 0) is 19.6 Å². The van der Waals surface area contributed by atoms with Crippen LogP contribution in [-0.4, -0.2) is 57.7 Å². The van der Waals surface area contributed by atoms with Gasteiger partial charge in [0.25, 0.3) is 15.9 Å². The van der Waals surface area contributed by atoms with Crippen LogP contribution >= 0.6 is 47.1 Å². The lowest BCUT2D eigenvalue weighted by Gasteiger charge is -2.22. The van der Waals surface area contributed by atoms with Crippen LogP contribution in [0.1, 0.15) is 12.2 Å². The molecule has 0 radical (unpaired) electrons. The minimum Gasteiger partial charge on any atom is -0.480 e. The van der Waals surface area contributed by atoms with E-state index in [1.54, 1.807) is 29.6 Å². The Kier molecular flexibility index (Phi) is 8.20. The third-order valence-electron chi connectivity index (χ3n) is 5.02. The number of benzene rings is 1. The Morgan fingerprint density at radius 2 is 2.06 bits per heavy atom. The molecular formula is C22H19N3O6S5. The van der Waals surface area contributed by atoms with Crippen LogP contribution in [0.5, 0.6) is 0 Å². The van der Waals surface area contributed by atoms with Crippen LogP contribution in [0.4, 0.5) is 5.13 Å². The van der Waals surface area contributed by atoms with Crippen LogP contribution < -0.4 is 4.72 Å². The Morgan fingerprint density at radius 1 is 1.31 bits per heavy atom. The molecule has 1 aromatic carbocycles. The van der Waals surface area contributed by atoms with Crippen molar-refractivity contribution >= 4 is 84.5 Å². The molecule has 188 valence electrons. The average Bonchev–Trinajstić information content (AvgIpc) is 3.57. The van der Waals surface area contributed by atoms with E-state index in [4.69, 9.17) is 16.6 Å². The number of carbonyl (C=O) groups is 2. The fourth-order valence-corrected chi connectivity index (χ4v) is 6.89. The monoisotopic (exact) mass is 581 g/mol. The molecule has 9 nitrogen and oxygen atoms in total. The molecule has 1 aliphatic rings. The molecule has 0 bridgehead atoms. The van der Waals surface area contributed by atoms with Crippen molar-refractivity contribution in [3.8, 4) is 11.3 Å². The predicted molar refractivity (Wildman–Crippen MR) is 147 cm³/mol. The van der Waals surface area contributed by atoms with Crippen LogP contribution in [0.15, 0.2) is 62.2 Å². The van der Waals surface area contributed by atoms with E-state index >= 15 is 0 Å². The highest BCUT2D eigenvalue weighted by molar-refractivity contribution is 8.26. The summed E-state index contributed by atoms with van der Waals surface area (Å²) in [5.41, 5.74) is 0.637. The summed E-state index contributed by atoms with van der Waals surface area (Å²) in [5, 5.41) is 11.5. The van der Waals surface area contributed by atoms with Crippen molar-refractivity contribution in [2.45, 2.75) is 17.4 Å². The number of carboxylic acids is 1. The normalized spacial score (nSPS) is 16.0. The summed E-state index contributed by atoms with van der Waals surface area (Å²) in [6.07, 6.45) is 5.18. The summed E-state index contributed by atoms with van der Waals surface area (Å²) in [6.45, 7) is 0. The molecule has 2 aromatic heterocycles. The standard InChI is InChI=1S/C22H19N3O6S5/c1-33-10-8-16(20(27)28)25-19(26)18(35-22(25)32)12-14-4-7-17(31-14)13-2-5-15(6-3-13)36(29,30)24-21-23-9-11-34-21/h2-7,9,11-12,16H,8,10H2,1H3,(H,23,24)(H,27,28)/b18-12-. The number of carbonyl (C=O) groups excluding carboxylic acids is 1. The summed E-state index contributed by atoms with van der Waals surface area (Å²) in [5.74, 6) is -0.149. The zero-order chi connectivity index (χ0) is 25.9. The van der Waals surface area contributed by atoms with E-state index < -0.39 is 27.9 Å². The number of thiocarbonyl (C=S) groups is 1. The Morgan fingerprint density at radius 3 is 2.69 bits per heavy atom. The van der Waals surface area contributed by atoms with Gasteiger partial charge in [-0.25, -0.2) is 18.2 Å². The number of hydrogen-bond donors (Lipinski definition) is 2. The van der Waals surface area contributed by atoms with E-state index in [0.717, 1.165) is 16.7 Å². The first-order chi connectivity index (χ1) is 17.2. The van der Waals surface area contributed by atoms with E-state index in [9.17, 15) is 23.1 Å². The van der Waals surface area contributed by atoms with E-state index in [1.165, 1.54) is 47.5 Å².